The van der Waals surface area contributed by atoms with E-state index >= 15 is 0 Å². The second-order valence-corrected chi connectivity index (χ2v) is 8.93. The number of rotatable bonds is 6. The first-order chi connectivity index (χ1) is 17.7. The third-order valence-electron chi connectivity index (χ3n) is 5.77. The van der Waals surface area contributed by atoms with Crippen LogP contribution in [0.4, 0.5) is 13.2 Å². The van der Waals surface area contributed by atoms with Crippen molar-refractivity contribution in [2.45, 2.75) is 25.1 Å². The minimum Gasteiger partial charge on any atom is -0.490 e. The summed E-state index contributed by atoms with van der Waals surface area (Å²) in [6.45, 7) is -0.143. The molecular weight excluding hydrogens is 507 g/mol. The monoisotopic (exact) mass is 531 g/mol. The van der Waals surface area contributed by atoms with Gasteiger partial charge in [-0.05, 0) is 49.2 Å². The Kier molecular flexibility index (Phi) is 8.33. The first kappa shape index (κ1) is 26.5. The summed E-state index contributed by atoms with van der Waals surface area (Å²) in [6, 6.07) is 13.7. The molecule has 1 amide bonds. The van der Waals surface area contributed by atoms with Crippen LogP contribution in [0.3, 0.4) is 0 Å². The number of alkyl halides is 3. The molecule has 0 unspecified atom stereocenters. The largest absolute Gasteiger partial charge is 0.490 e. The van der Waals surface area contributed by atoms with E-state index in [1.807, 2.05) is 5.48 Å². The van der Waals surface area contributed by atoms with E-state index in [4.69, 9.17) is 26.6 Å². The van der Waals surface area contributed by atoms with Crippen molar-refractivity contribution in [1.29, 1.82) is 0 Å². The zero-order chi connectivity index (χ0) is 26.4. The number of nitrogens with zero attached hydrogens (tertiary/aromatic N) is 1. The highest BCUT2D eigenvalue weighted by atomic mass is 32.1. The molecule has 37 heavy (non-hydrogen) atoms. The van der Waals surface area contributed by atoms with Crippen LogP contribution in [0.15, 0.2) is 52.9 Å². The summed E-state index contributed by atoms with van der Waals surface area (Å²) < 4.78 is 49.3. The van der Waals surface area contributed by atoms with Crippen molar-refractivity contribution in [3.63, 3.8) is 0 Å². The number of ether oxygens (including phenoxy) is 1. The van der Waals surface area contributed by atoms with Crippen LogP contribution >= 0.6 is 12.2 Å². The molecule has 1 aliphatic heterocycles. The summed E-state index contributed by atoms with van der Waals surface area (Å²) in [6.07, 6.45) is -3.36. The number of carbonyl (C=O) groups is 1. The van der Waals surface area contributed by atoms with Crippen LogP contribution in [-0.2, 0) is 0 Å². The highest BCUT2D eigenvalue weighted by Crippen LogP contribution is 2.27. The summed E-state index contributed by atoms with van der Waals surface area (Å²) >= 11 is 4.94. The quantitative estimate of drug-likeness (QED) is 0.249. The minimum atomic E-state index is -4.20. The number of thiocarbonyl (C=S) groups is 1. The number of carbonyl (C=O) groups excluding carboxylic acids is 1. The Balaban J connectivity index is 1.29. The number of hydrogen-bond donors (Lipinski definition) is 3. The summed E-state index contributed by atoms with van der Waals surface area (Å²) in [4.78, 5) is 14.1. The Bertz CT molecular complexity index is 1320. The Morgan fingerprint density at radius 2 is 1.89 bits per heavy atom. The van der Waals surface area contributed by atoms with E-state index in [0.29, 0.717) is 48.2 Å². The molecule has 0 atom stereocenters. The van der Waals surface area contributed by atoms with Crippen molar-refractivity contribution >= 4 is 34.1 Å². The van der Waals surface area contributed by atoms with Gasteiger partial charge in [0.2, 0.25) is 0 Å². The van der Waals surface area contributed by atoms with Crippen LogP contribution in [0.25, 0.3) is 11.0 Å². The molecule has 4 rings (SSSR count). The molecule has 2 heterocycles. The number of piperidine rings is 1. The van der Waals surface area contributed by atoms with Crippen molar-refractivity contribution in [2.75, 3.05) is 26.2 Å². The van der Waals surface area contributed by atoms with Gasteiger partial charge in [-0.25, -0.2) is 0 Å². The molecule has 0 radical (unpaired) electrons. The fourth-order valence-corrected chi connectivity index (χ4v) is 4.10. The Morgan fingerprint density at radius 3 is 2.57 bits per heavy atom. The van der Waals surface area contributed by atoms with Gasteiger partial charge in [-0.1, -0.05) is 36.2 Å². The second-order valence-electron chi connectivity index (χ2n) is 8.52. The van der Waals surface area contributed by atoms with E-state index in [2.05, 4.69) is 17.2 Å². The van der Waals surface area contributed by atoms with Gasteiger partial charge in [-0.3, -0.25) is 20.4 Å². The normalized spacial score (nSPS) is 14.6. The van der Waals surface area contributed by atoms with Crippen molar-refractivity contribution in [2.24, 2.45) is 0 Å². The lowest BCUT2D eigenvalue weighted by Crippen LogP contribution is -2.42. The molecule has 7 nitrogen and oxygen atoms in total. The molecule has 2 aromatic carbocycles. The second kappa shape index (κ2) is 11.6. The van der Waals surface area contributed by atoms with Gasteiger partial charge in [0.25, 0.3) is 5.91 Å². The van der Waals surface area contributed by atoms with E-state index in [1.165, 1.54) is 4.90 Å². The molecule has 11 heteroatoms. The van der Waals surface area contributed by atoms with Crippen LogP contribution < -0.4 is 15.5 Å². The molecule has 1 aliphatic rings. The van der Waals surface area contributed by atoms with Crippen LogP contribution in [0.2, 0.25) is 0 Å². The zero-order valence-electron chi connectivity index (χ0n) is 19.6. The van der Waals surface area contributed by atoms with Gasteiger partial charge >= 0.3 is 6.18 Å². The lowest BCUT2D eigenvalue weighted by atomic mass is 10.1. The summed E-state index contributed by atoms with van der Waals surface area (Å²) in [5, 5.41) is 12.2. The maximum Gasteiger partial charge on any atom is 0.401 e. The van der Waals surface area contributed by atoms with Crippen LogP contribution in [0.1, 0.15) is 34.5 Å². The minimum absolute atomic E-state index is 0.107. The summed E-state index contributed by atoms with van der Waals surface area (Å²) in [5.74, 6) is 6.07. The number of furan rings is 1. The predicted octanol–water partition coefficient (Wildman–Crippen LogP) is 4.27. The van der Waals surface area contributed by atoms with Gasteiger partial charge in [0.15, 0.2) is 5.76 Å². The number of hydroxylamine groups is 1. The van der Waals surface area contributed by atoms with E-state index in [0.717, 1.165) is 5.56 Å². The molecule has 0 spiro atoms. The molecule has 0 aliphatic carbocycles. The van der Waals surface area contributed by atoms with Gasteiger partial charge in [0.1, 0.15) is 22.4 Å². The SMILES string of the molecule is O=C(NCC#Cc1ccc(C(=S)NO)cc1)c1cc2cc(OC3CCN(CC(F)(F)F)CC3)ccc2o1. The average Bonchev–Trinajstić information content (AvgIpc) is 3.30. The number of benzene rings is 2. The van der Waals surface area contributed by atoms with E-state index in [1.54, 1.807) is 48.5 Å². The molecular formula is C26H24F3N3O4S. The molecule has 3 aromatic rings. The van der Waals surface area contributed by atoms with Gasteiger partial charge in [-0.15, -0.1) is 0 Å². The Labute approximate surface area is 216 Å². The highest BCUT2D eigenvalue weighted by Gasteiger charge is 2.32. The summed E-state index contributed by atoms with van der Waals surface area (Å²) in [5.41, 5.74) is 3.81. The number of halogens is 3. The van der Waals surface area contributed by atoms with Crippen molar-refractivity contribution in [1.82, 2.24) is 15.7 Å². The summed E-state index contributed by atoms with van der Waals surface area (Å²) in [7, 11) is 0. The van der Waals surface area contributed by atoms with Crippen molar-refractivity contribution in [3.05, 3.63) is 65.4 Å². The van der Waals surface area contributed by atoms with Gasteiger partial charge < -0.3 is 14.5 Å². The molecule has 3 N–H and O–H groups in total. The molecule has 1 saturated heterocycles. The van der Waals surface area contributed by atoms with Gasteiger partial charge in [0.05, 0.1) is 13.1 Å². The average molecular weight is 532 g/mol. The maximum absolute atomic E-state index is 12.6. The van der Waals surface area contributed by atoms with Crippen LogP contribution in [-0.4, -0.2) is 59.5 Å². The third kappa shape index (κ3) is 7.45. The molecule has 194 valence electrons. The number of hydrogen-bond acceptors (Lipinski definition) is 6. The molecule has 0 bridgehead atoms. The Hall–Kier alpha value is -3.59. The van der Waals surface area contributed by atoms with Crippen LogP contribution in [0, 0.1) is 11.8 Å². The fraction of sp³-hybridized carbons (Fsp3) is 0.308. The maximum atomic E-state index is 12.6. The third-order valence-corrected chi connectivity index (χ3v) is 6.10. The topological polar surface area (TPSA) is 87.0 Å². The van der Waals surface area contributed by atoms with E-state index < -0.39 is 18.6 Å². The van der Waals surface area contributed by atoms with Gasteiger partial charge in [0, 0.05) is 29.6 Å². The number of fused-ring (bicyclic) bond motifs is 1. The van der Waals surface area contributed by atoms with Crippen LogP contribution in [0.5, 0.6) is 5.75 Å². The standard InChI is InChI=1S/C26H24F3N3O4S/c27-26(28,29)16-32-12-9-20(10-13-32)35-21-7-8-22-19(14-21)15-23(36-22)24(33)30-11-1-2-17-3-5-18(6-4-17)25(37)31-34/h3-8,14-15,20,34H,9-13,16H2,(H,30,33)(H,31,37). The first-order valence-electron chi connectivity index (χ1n) is 11.5. The molecule has 0 saturated carbocycles. The smallest absolute Gasteiger partial charge is 0.401 e. The number of amides is 1. The van der Waals surface area contributed by atoms with Crippen molar-refractivity contribution in [3.8, 4) is 17.6 Å². The lowest BCUT2D eigenvalue weighted by molar-refractivity contribution is -0.149. The fourth-order valence-electron chi connectivity index (χ4n) is 3.97. The number of likely N-dealkylation sites (tertiary alicyclic amines) is 1. The molecule has 1 fully saturated rings. The predicted molar refractivity (Wildman–Crippen MR) is 135 cm³/mol. The van der Waals surface area contributed by atoms with E-state index in [-0.39, 0.29) is 23.4 Å². The van der Waals surface area contributed by atoms with E-state index in [9.17, 15) is 18.0 Å². The zero-order valence-corrected chi connectivity index (χ0v) is 20.4. The highest BCUT2D eigenvalue weighted by molar-refractivity contribution is 7.80. The molecule has 1 aromatic heterocycles. The number of nitrogens with one attached hydrogen (secondary N) is 2. The van der Waals surface area contributed by atoms with Gasteiger partial charge in [-0.2, -0.15) is 13.2 Å². The Morgan fingerprint density at radius 1 is 1.16 bits per heavy atom. The lowest BCUT2D eigenvalue weighted by Gasteiger charge is -2.32. The van der Waals surface area contributed by atoms with Crippen molar-refractivity contribution < 1.29 is 32.3 Å². The first-order valence-corrected chi connectivity index (χ1v) is 11.9.